The second-order valence-electron chi connectivity index (χ2n) is 4.32. The van der Waals surface area contributed by atoms with E-state index in [1.807, 2.05) is 0 Å². The molecule has 21 heavy (non-hydrogen) atoms. The van der Waals surface area contributed by atoms with Crippen LogP contribution in [0.4, 0.5) is 0 Å². The Kier molecular flexibility index (Phi) is 4.45. The standard InChI is InChI=1S/C15H12ClNO4/c16-12-7-6-10(18)8-11(12)14(19)17-13(15(20)21)9-4-2-1-3-5-9/h1-8,13,18H,(H,17,19)(H,20,21). The van der Waals surface area contributed by atoms with Gasteiger partial charge in [0.15, 0.2) is 6.04 Å². The summed E-state index contributed by atoms with van der Waals surface area (Å²) in [6.45, 7) is 0. The first kappa shape index (κ1) is 14.9. The van der Waals surface area contributed by atoms with Crippen LogP contribution >= 0.6 is 11.6 Å². The van der Waals surface area contributed by atoms with E-state index in [0.717, 1.165) is 0 Å². The zero-order chi connectivity index (χ0) is 15.4. The number of phenolic OH excluding ortho intramolecular Hbond substituents is 1. The minimum Gasteiger partial charge on any atom is -0.508 e. The van der Waals surface area contributed by atoms with E-state index in [9.17, 15) is 19.8 Å². The van der Waals surface area contributed by atoms with Gasteiger partial charge in [0.25, 0.3) is 5.91 Å². The van der Waals surface area contributed by atoms with Crippen LogP contribution < -0.4 is 5.32 Å². The molecule has 0 heterocycles. The quantitative estimate of drug-likeness (QED) is 0.810. The third kappa shape index (κ3) is 3.52. The number of aromatic hydroxyl groups is 1. The van der Waals surface area contributed by atoms with Crippen LogP contribution in [0.3, 0.4) is 0 Å². The molecular weight excluding hydrogens is 294 g/mol. The number of rotatable bonds is 4. The molecule has 5 nitrogen and oxygen atoms in total. The molecule has 0 aliphatic heterocycles. The van der Waals surface area contributed by atoms with Crippen LogP contribution in [0.2, 0.25) is 5.02 Å². The van der Waals surface area contributed by atoms with Crippen LogP contribution in [-0.2, 0) is 4.79 Å². The molecule has 1 unspecified atom stereocenters. The van der Waals surface area contributed by atoms with Gasteiger partial charge >= 0.3 is 5.97 Å². The van der Waals surface area contributed by atoms with Crippen molar-refractivity contribution in [3.05, 3.63) is 64.7 Å². The highest BCUT2D eigenvalue weighted by Gasteiger charge is 2.23. The maximum Gasteiger partial charge on any atom is 0.330 e. The van der Waals surface area contributed by atoms with Crippen molar-refractivity contribution in [3.63, 3.8) is 0 Å². The highest BCUT2D eigenvalue weighted by atomic mass is 35.5. The van der Waals surface area contributed by atoms with Gasteiger partial charge < -0.3 is 15.5 Å². The van der Waals surface area contributed by atoms with Crippen LogP contribution in [0.1, 0.15) is 22.0 Å². The number of carbonyl (C=O) groups is 2. The van der Waals surface area contributed by atoms with Crippen molar-refractivity contribution in [2.75, 3.05) is 0 Å². The van der Waals surface area contributed by atoms with Gasteiger partial charge in [-0.2, -0.15) is 0 Å². The second-order valence-corrected chi connectivity index (χ2v) is 4.73. The van der Waals surface area contributed by atoms with Gasteiger partial charge in [-0.25, -0.2) is 4.79 Å². The first-order chi connectivity index (χ1) is 9.99. The van der Waals surface area contributed by atoms with Crippen molar-refractivity contribution in [2.24, 2.45) is 0 Å². The highest BCUT2D eigenvalue weighted by Crippen LogP contribution is 2.22. The zero-order valence-corrected chi connectivity index (χ0v) is 11.5. The minimum absolute atomic E-state index is 0.0128. The summed E-state index contributed by atoms with van der Waals surface area (Å²) in [5.74, 6) is -1.99. The van der Waals surface area contributed by atoms with E-state index >= 15 is 0 Å². The number of benzene rings is 2. The third-order valence-electron chi connectivity index (χ3n) is 2.85. The number of carboxylic acid groups (broad SMARTS) is 1. The van der Waals surface area contributed by atoms with Crippen LogP contribution in [-0.4, -0.2) is 22.1 Å². The van der Waals surface area contributed by atoms with Crippen LogP contribution in [0.5, 0.6) is 5.75 Å². The molecule has 108 valence electrons. The van der Waals surface area contributed by atoms with E-state index in [2.05, 4.69) is 5.32 Å². The normalized spacial score (nSPS) is 11.7. The predicted molar refractivity (Wildman–Crippen MR) is 77.4 cm³/mol. The number of carboxylic acids is 1. The Morgan fingerprint density at radius 3 is 2.38 bits per heavy atom. The van der Waals surface area contributed by atoms with Gasteiger partial charge in [-0.3, -0.25) is 4.79 Å². The first-order valence-corrected chi connectivity index (χ1v) is 6.44. The predicted octanol–water partition coefficient (Wildman–Crippen LogP) is 2.60. The summed E-state index contributed by atoms with van der Waals surface area (Å²) in [6.07, 6.45) is 0. The van der Waals surface area contributed by atoms with Gasteiger partial charge in [-0.15, -0.1) is 0 Å². The number of aliphatic carboxylic acids is 1. The van der Waals surface area contributed by atoms with E-state index in [1.54, 1.807) is 30.3 Å². The van der Waals surface area contributed by atoms with E-state index in [1.165, 1.54) is 18.2 Å². The largest absolute Gasteiger partial charge is 0.508 e. The van der Waals surface area contributed by atoms with Gasteiger partial charge in [0.1, 0.15) is 5.75 Å². The lowest BCUT2D eigenvalue weighted by atomic mass is 10.1. The number of amides is 1. The Hall–Kier alpha value is -2.53. The third-order valence-corrected chi connectivity index (χ3v) is 3.18. The second kappa shape index (κ2) is 6.28. The fraction of sp³-hybridized carbons (Fsp3) is 0.0667. The van der Waals surface area contributed by atoms with Crippen LogP contribution in [0, 0.1) is 0 Å². The number of hydrogen-bond donors (Lipinski definition) is 3. The molecule has 0 bridgehead atoms. The fourth-order valence-electron chi connectivity index (χ4n) is 1.83. The van der Waals surface area contributed by atoms with Gasteiger partial charge in [0.2, 0.25) is 0 Å². The summed E-state index contributed by atoms with van der Waals surface area (Å²) >= 11 is 5.88. The molecule has 0 saturated heterocycles. The van der Waals surface area contributed by atoms with Crippen molar-refractivity contribution in [1.29, 1.82) is 0 Å². The molecule has 2 aromatic carbocycles. The Labute approximate surface area is 125 Å². The van der Waals surface area contributed by atoms with Gasteiger partial charge in [-0.05, 0) is 23.8 Å². The summed E-state index contributed by atoms with van der Waals surface area (Å²) in [5, 5.41) is 21.2. The number of phenols is 1. The molecule has 6 heteroatoms. The molecule has 2 aromatic rings. The first-order valence-electron chi connectivity index (χ1n) is 6.06. The van der Waals surface area contributed by atoms with Crippen molar-refractivity contribution < 1.29 is 19.8 Å². The minimum atomic E-state index is -1.20. The monoisotopic (exact) mass is 305 g/mol. The summed E-state index contributed by atoms with van der Waals surface area (Å²) in [7, 11) is 0. The lowest BCUT2D eigenvalue weighted by Crippen LogP contribution is -2.33. The number of nitrogens with one attached hydrogen (secondary N) is 1. The molecule has 0 spiro atoms. The number of halogens is 1. The molecular formula is C15H12ClNO4. The molecule has 0 aromatic heterocycles. The fourth-order valence-corrected chi connectivity index (χ4v) is 2.03. The topological polar surface area (TPSA) is 86.6 Å². The Balaban J connectivity index is 2.27. The smallest absolute Gasteiger partial charge is 0.330 e. The molecule has 2 rings (SSSR count). The number of carbonyl (C=O) groups excluding carboxylic acids is 1. The molecule has 0 fully saturated rings. The van der Waals surface area contributed by atoms with Crippen molar-refractivity contribution in [3.8, 4) is 5.75 Å². The molecule has 0 aliphatic carbocycles. The molecule has 3 N–H and O–H groups in total. The molecule has 1 atom stereocenters. The van der Waals surface area contributed by atoms with E-state index < -0.39 is 17.9 Å². The van der Waals surface area contributed by atoms with E-state index in [4.69, 9.17) is 11.6 Å². The lowest BCUT2D eigenvalue weighted by Gasteiger charge is -2.15. The maximum atomic E-state index is 12.1. The van der Waals surface area contributed by atoms with Crippen molar-refractivity contribution >= 4 is 23.5 Å². The average molecular weight is 306 g/mol. The van der Waals surface area contributed by atoms with Crippen molar-refractivity contribution in [1.82, 2.24) is 5.32 Å². The molecule has 0 aliphatic rings. The highest BCUT2D eigenvalue weighted by molar-refractivity contribution is 6.33. The molecule has 0 saturated carbocycles. The number of hydrogen-bond acceptors (Lipinski definition) is 3. The zero-order valence-electron chi connectivity index (χ0n) is 10.8. The van der Waals surface area contributed by atoms with Gasteiger partial charge in [-0.1, -0.05) is 41.9 Å². The van der Waals surface area contributed by atoms with Crippen LogP contribution in [0.15, 0.2) is 48.5 Å². The lowest BCUT2D eigenvalue weighted by molar-refractivity contribution is -0.139. The summed E-state index contributed by atoms with van der Waals surface area (Å²) in [6, 6.07) is 11.0. The van der Waals surface area contributed by atoms with Crippen LogP contribution in [0.25, 0.3) is 0 Å². The maximum absolute atomic E-state index is 12.1. The summed E-state index contributed by atoms with van der Waals surface area (Å²) in [4.78, 5) is 23.5. The van der Waals surface area contributed by atoms with Gasteiger partial charge in [0, 0.05) is 0 Å². The Bertz CT molecular complexity index is 673. The summed E-state index contributed by atoms with van der Waals surface area (Å²) < 4.78 is 0. The van der Waals surface area contributed by atoms with Gasteiger partial charge in [0.05, 0.1) is 10.6 Å². The average Bonchev–Trinajstić information content (AvgIpc) is 2.47. The summed E-state index contributed by atoms with van der Waals surface area (Å²) in [5.41, 5.74) is 0.452. The molecule has 0 radical (unpaired) electrons. The van der Waals surface area contributed by atoms with E-state index in [0.29, 0.717) is 5.56 Å². The molecule has 1 amide bonds. The van der Waals surface area contributed by atoms with E-state index in [-0.39, 0.29) is 16.3 Å². The Morgan fingerprint density at radius 2 is 1.76 bits per heavy atom. The van der Waals surface area contributed by atoms with Crippen molar-refractivity contribution in [2.45, 2.75) is 6.04 Å². The Morgan fingerprint density at radius 1 is 1.10 bits per heavy atom. The SMILES string of the molecule is O=C(NC(C(=O)O)c1ccccc1)c1cc(O)ccc1Cl.